The number of hydrogen-bond donors (Lipinski definition) is 1. The van der Waals surface area contributed by atoms with E-state index in [2.05, 4.69) is 5.32 Å². The molecule has 0 fully saturated rings. The van der Waals surface area contributed by atoms with Crippen LogP contribution in [0.15, 0.2) is 36.1 Å². The summed E-state index contributed by atoms with van der Waals surface area (Å²) < 4.78 is 0. The van der Waals surface area contributed by atoms with Gasteiger partial charge < -0.3 is 5.32 Å². The van der Waals surface area contributed by atoms with E-state index >= 15 is 0 Å². The van der Waals surface area contributed by atoms with Gasteiger partial charge in [0.25, 0.3) is 0 Å². The molecule has 0 unspecified atom stereocenters. The van der Waals surface area contributed by atoms with Crippen molar-refractivity contribution in [3.63, 3.8) is 0 Å². The lowest BCUT2D eigenvalue weighted by Crippen LogP contribution is -2.01. The molecule has 0 saturated heterocycles. The van der Waals surface area contributed by atoms with Gasteiger partial charge in [0.15, 0.2) is 0 Å². The van der Waals surface area contributed by atoms with E-state index in [0.717, 1.165) is 5.70 Å². The Labute approximate surface area is 76.9 Å². The molecule has 0 aliphatic rings. The van der Waals surface area contributed by atoms with Gasteiger partial charge in [0, 0.05) is 12.7 Å². The quantitative estimate of drug-likeness (QED) is 0.636. The molecule has 0 radical (unpaired) electrons. The van der Waals surface area contributed by atoms with Crippen molar-refractivity contribution in [2.24, 2.45) is 0 Å². The molecule has 0 rings (SSSR count). The Morgan fingerprint density at radius 2 is 1.67 bits per heavy atom. The molecule has 0 aliphatic heterocycles. The Morgan fingerprint density at radius 3 is 2.00 bits per heavy atom. The standard InChI is InChI=1S/C9H15N.C2H6/c1-4-6-7-8-9(5-2)10-3;1-2/h4-8,10H,1-3H3;1-2H3/b6-4-,8-7-,9-5+;. The number of rotatable bonds is 3. The summed E-state index contributed by atoms with van der Waals surface area (Å²) in [5.74, 6) is 0. The Bertz CT molecular complexity index is 152. The monoisotopic (exact) mass is 167 g/mol. The first-order valence-electron chi connectivity index (χ1n) is 4.48. The fourth-order valence-electron chi connectivity index (χ4n) is 0.594. The lowest BCUT2D eigenvalue weighted by molar-refractivity contribution is 1.03. The van der Waals surface area contributed by atoms with E-state index in [4.69, 9.17) is 0 Å². The van der Waals surface area contributed by atoms with Gasteiger partial charge in [-0.15, -0.1) is 0 Å². The first kappa shape index (κ1) is 13.6. The molecular formula is C11H21N. The largest absolute Gasteiger partial charge is 0.388 e. The van der Waals surface area contributed by atoms with Crippen molar-refractivity contribution in [2.75, 3.05) is 7.05 Å². The summed E-state index contributed by atoms with van der Waals surface area (Å²) in [4.78, 5) is 0. The maximum absolute atomic E-state index is 3.05. The molecular weight excluding hydrogens is 146 g/mol. The molecule has 0 aromatic carbocycles. The fraction of sp³-hybridized carbons (Fsp3) is 0.455. The third kappa shape index (κ3) is 9.02. The van der Waals surface area contributed by atoms with E-state index in [0.29, 0.717) is 0 Å². The highest BCUT2D eigenvalue weighted by Gasteiger charge is 1.78. The maximum atomic E-state index is 3.05. The van der Waals surface area contributed by atoms with Crippen LogP contribution in [-0.4, -0.2) is 7.05 Å². The van der Waals surface area contributed by atoms with Crippen LogP contribution in [0.25, 0.3) is 0 Å². The van der Waals surface area contributed by atoms with Crippen molar-refractivity contribution in [1.29, 1.82) is 0 Å². The summed E-state index contributed by atoms with van der Waals surface area (Å²) in [5.41, 5.74) is 1.14. The molecule has 12 heavy (non-hydrogen) atoms. The highest BCUT2D eigenvalue weighted by Crippen LogP contribution is 1.89. The predicted octanol–water partition coefficient (Wildman–Crippen LogP) is 3.27. The van der Waals surface area contributed by atoms with Crippen LogP contribution in [0, 0.1) is 0 Å². The molecule has 0 heterocycles. The number of hydrogen-bond acceptors (Lipinski definition) is 1. The van der Waals surface area contributed by atoms with Crippen LogP contribution in [0.1, 0.15) is 27.7 Å². The SMILES string of the molecule is CC.C\C=C/C=C\C(=C/C)NC. The second-order valence-corrected chi connectivity index (χ2v) is 1.88. The molecule has 0 aromatic rings. The lowest BCUT2D eigenvalue weighted by Gasteiger charge is -1.95. The van der Waals surface area contributed by atoms with Gasteiger partial charge >= 0.3 is 0 Å². The van der Waals surface area contributed by atoms with Crippen molar-refractivity contribution in [3.8, 4) is 0 Å². The van der Waals surface area contributed by atoms with E-state index in [9.17, 15) is 0 Å². The van der Waals surface area contributed by atoms with Crippen LogP contribution in [-0.2, 0) is 0 Å². The van der Waals surface area contributed by atoms with Crippen molar-refractivity contribution in [2.45, 2.75) is 27.7 Å². The Hall–Kier alpha value is -0.980. The van der Waals surface area contributed by atoms with Crippen LogP contribution < -0.4 is 5.32 Å². The lowest BCUT2D eigenvalue weighted by atomic mass is 10.3. The zero-order valence-electron chi connectivity index (χ0n) is 8.89. The third-order valence-electron chi connectivity index (χ3n) is 1.18. The first-order valence-corrected chi connectivity index (χ1v) is 4.48. The van der Waals surface area contributed by atoms with Gasteiger partial charge in [0.2, 0.25) is 0 Å². The van der Waals surface area contributed by atoms with Crippen molar-refractivity contribution < 1.29 is 0 Å². The van der Waals surface area contributed by atoms with Crippen molar-refractivity contribution in [3.05, 3.63) is 36.1 Å². The Balaban J connectivity index is 0. The fourth-order valence-corrected chi connectivity index (χ4v) is 0.594. The van der Waals surface area contributed by atoms with Crippen LogP contribution in [0.5, 0.6) is 0 Å². The van der Waals surface area contributed by atoms with Crippen LogP contribution in [0.2, 0.25) is 0 Å². The Morgan fingerprint density at radius 1 is 1.08 bits per heavy atom. The third-order valence-corrected chi connectivity index (χ3v) is 1.18. The smallest absolute Gasteiger partial charge is 0.0294 e. The second kappa shape index (κ2) is 12.7. The van der Waals surface area contributed by atoms with Crippen molar-refractivity contribution >= 4 is 0 Å². The van der Waals surface area contributed by atoms with E-state index in [1.807, 2.05) is 65.1 Å². The normalized spacial score (nSPS) is 11.6. The molecule has 70 valence electrons. The van der Waals surface area contributed by atoms with Gasteiger partial charge in [0.1, 0.15) is 0 Å². The average molecular weight is 167 g/mol. The summed E-state index contributed by atoms with van der Waals surface area (Å²) in [5, 5.41) is 3.05. The molecule has 0 saturated carbocycles. The molecule has 0 spiro atoms. The van der Waals surface area contributed by atoms with E-state index in [1.165, 1.54) is 0 Å². The highest BCUT2D eigenvalue weighted by atomic mass is 14.8. The molecule has 0 atom stereocenters. The van der Waals surface area contributed by atoms with Gasteiger partial charge in [-0.05, 0) is 19.9 Å². The zero-order valence-corrected chi connectivity index (χ0v) is 8.89. The topological polar surface area (TPSA) is 12.0 Å². The Kier molecular flexibility index (Phi) is 14.4. The van der Waals surface area contributed by atoms with Gasteiger partial charge in [-0.1, -0.05) is 38.2 Å². The number of nitrogens with one attached hydrogen (secondary N) is 1. The van der Waals surface area contributed by atoms with E-state index in [-0.39, 0.29) is 0 Å². The summed E-state index contributed by atoms with van der Waals surface area (Å²) >= 11 is 0. The average Bonchev–Trinajstić information content (AvgIpc) is 2.16. The van der Waals surface area contributed by atoms with Crippen LogP contribution in [0.4, 0.5) is 0 Å². The highest BCUT2D eigenvalue weighted by molar-refractivity contribution is 5.19. The molecule has 0 amide bonds. The van der Waals surface area contributed by atoms with Gasteiger partial charge in [-0.2, -0.15) is 0 Å². The number of allylic oxidation sites excluding steroid dienone is 5. The summed E-state index contributed by atoms with van der Waals surface area (Å²) in [6, 6.07) is 0. The van der Waals surface area contributed by atoms with Crippen molar-refractivity contribution in [1.82, 2.24) is 5.32 Å². The zero-order chi connectivity index (χ0) is 9.82. The van der Waals surface area contributed by atoms with Gasteiger partial charge in [-0.25, -0.2) is 0 Å². The molecule has 0 aliphatic carbocycles. The minimum Gasteiger partial charge on any atom is -0.388 e. The molecule has 0 aromatic heterocycles. The summed E-state index contributed by atoms with van der Waals surface area (Å²) in [7, 11) is 1.91. The molecule has 1 heteroatoms. The maximum Gasteiger partial charge on any atom is 0.0294 e. The van der Waals surface area contributed by atoms with Crippen LogP contribution >= 0.6 is 0 Å². The van der Waals surface area contributed by atoms with Gasteiger partial charge in [-0.3, -0.25) is 0 Å². The second-order valence-electron chi connectivity index (χ2n) is 1.88. The minimum absolute atomic E-state index is 1.14. The molecule has 0 bridgehead atoms. The molecule has 1 nitrogen and oxygen atoms in total. The molecule has 1 N–H and O–H groups in total. The predicted molar refractivity (Wildman–Crippen MR) is 58.1 cm³/mol. The number of likely N-dealkylation sites (N-methyl/N-ethyl adjacent to an activating group) is 1. The van der Waals surface area contributed by atoms with Crippen LogP contribution in [0.3, 0.4) is 0 Å². The summed E-state index contributed by atoms with van der Waals surface area (Å²) in [6.45, 7) is 8.00. The van der Waals surface area contributed by atoms with E-state index < -0.39 is 0 Å². The summed E-state index contributed by atoms with van der Waals surface area (Å²) in [6.07, 6.45) is 10.1. The van der Waals surface area contributed by atoms with Gasteiger partial charge in [0.05, 0.1) is 0 Å². The van der Waals surface area contributed by atoms with E-state index in [1.54, 1.807) is 0 Å². The first-order chi connectivity index (χ1) is 5.85. The minimum atomic E-state index is 1.14.